The van der Waals surface area contributed by atoms with Crippen molar-refractivity contribution in [3.8, 4) is 0 Å². The molecule has 10 nitrogen and oxygen atoms in total. The Bertz CT molecular complexity index is 2120. The summed E-state index contributed by atoms with van der Waals surface area (Å²) in [5.41, 5.74) is 9.41. The van der Waals surface area contributed by atoms with E-state index >= 15 is 0 Å². The van der Waals surface area contributed by atoms with Crippen LogP contribution in [0.2, 0.25) is 0 Å². The first-order chi connectivity index (χ1) is 23.9. The van der Waals surface area contributed by atoms with E-state index in [-0.39, 0.29) is 30.0 Å². The first kappa shape index (κ1) is 34.7. The fourth-order valence-electron chi connectivity index (χ4n) is 7.70. The van der Waals surface area contributed by atoms with Gasteiger partial charge in [-0.1, -0.05) is 40.3 Å². The number of methoxy groups -OCH3 is 1. The lowest BCUT2D eigenvalue weighted by molar-refractivity contribution is -0.144. The number of Topliss-reactive ketones (excluding diaryl/α,β-unsaturated/α-hetero) is 1. The van der Waals surface area contributed by atoms with Gasteiger partial charge in [-0.15, -0.1) is 0 Å². The smallest absolute Gasteiger partial charge is 0.321 e. The molecule has 3 aliphatic rings. The monoisotopic (exact) mass is 678 g/mol. The third-order valence-corrected chi connectivity index (χ3v) is 10.6. The number of rotatable bonds is 10. The van der Waals surface area contributed by atoms with Gasteiger partial charge in [0, 0.05) is 74.3 Å². The quantitative estimate of drug-likeness (QED) is 0.130. The van der Waals surface area contributed by atoms with Crippen molar-refractivity contribution in [1.82, 2.24) is 20.3 Å². The zero-order valence-electron chi connectivity index (χ0n) is 29.9. The SMILES string of the molecule is C=Cc1c2[nH]c(c1C)/C=C1\N/C(=C3\c4[nH]c(c(C)c4C(=O)[C@@H]3C(=O)OC)/C=c3\[nH]/c(c(C=O)c3CC)=C\2)[C@@H](CCC(=O)OCCC(C)C)[C@@H]1C. The van der Waals surface area contributed by atoms with E-state index in [0.29, 0.717) is 70.1 Å². The second kappa shape index (κ2) is 13.7. The topological polar surface area (TPSA) is 146 Å². The molecule has 1 aliphatic carbocycles. The summed E-state index contributed by atoms with van der Waals surface area (Å²) in [6.45, 7) is 16.6. The van der Waals surface area contributed by atoms with Gasteiger partial charge in [-0.05, 0) is 73.9 Å². The second-order valence-corrected chi connectivity index (χ2v) is 13.9. The van der Waals surface area contributed by atoms with Gasteiger partial charge in [-0.25, -0.2) is 0 Å². The van der Waals surface area contributed by atoms with Crippen LogP contribution in [0.5, 0.6) is 0 Å². The van der Waals surface area contributed by atoms with Crippen molar-refractivity contribution in [2.75, 3.05) is 13.7 Å². The van der Waals surface area contributed by atoms with E-state index in [0.717, 1.165) is 51.8 Å². The third-order valence-electron chi connectivity index (χ3n) is 10.6. The van der Waals surface area contributed by atoms with Crippen LogP contribution in [0.3, 0.4) is 0 Å². The molecule has 1 fully saturated rings. The van der Waals surface area contributed by atoms with Crippen LogP contribution in [0.4, 0.5) is 0 Å². The number of allylic oxidation sites excluding steroid dienone is 2. The van der Waals surface area contributed by atoms with Gasteiger partial charge in [0.15, 0.2) is 12.1 Å². The molecule has 5 heterocycles. The van der Waals surface area contributed by atoms with Crippen LogP contribution < -0.4 is 16.0 Å². The predicted molar refractivity (Wildman–Crippen MR) is 193 cm³/mol. The zero-order valence-corrected chi connectivity index (χ0v) is 29.9. The van der Waals surface area contributed by atoms with Gasteiger partial charge in [-0.2, -0.15) is 0 Å². The molecule has 0 amide bonds. The molecular formula is C40H46N4O6. The minimum Gasteiger partial charge on any atom is -0.468 e. The lowest BCUT2D eigenvalue weighted by atomic mass is 9.85. The number of fused-ring (bicyclic) bond motifs is 7. The van der Waals surface area contributed by atoms with Gasteiger partial charge in [0.05, 0.1) is 24.8 Å². The molecule has 10 heteroatoms. The Morgan fingerprint density at radius 1 is 1.00 bits per heavy atom. The number of aromatic amines is 3. The number of ether oxygens (including phenoxy) is 2. The summed E-state index contributed by atoms with van der Waals surface area (Å²) >= 11 is 0. The molecule has 2 aliphatic heterocycles. The van der Waals surface area contributed by atoms with Crippen molar-refractivity contribution in [2.45, 2.75) is 67.2 Å². The van der Waals surface area contributed by atoms with E-state index in [1.165, 1.54) is 7.11 Å². The average Bonchev–Trinajstić information content (AvgIpc) is 3.83. The van der Waals surface area contributed by atoms with Crippen LogP contribution in [-0.4, -0.2) is 52.7 Å². The number of carbonyl (C=O) groups is 4. The number of aromatic nitrogens is 3. The molecular weight excluding hydrogens is 632 g/mol. The number of esters is 2. The molecule has 3 aromatic rings. The lowest BCUT2D eigenvalue weighted by Crippen LogP contribution is -2.25. The van der Waals surface area contributed by atoms with Crippen molar-refractivity contribution >= 4 is 53.9 Å². The fourth-order valence-corrected chi connectivity index (χ4v) is 7.70. The molecule has 0 radical (unpaired) electrons. The van der Waals surface area contributed by atoms with E-state index in [2.05, 4.69) is 47.6 Å². The molecule has 1 saturated heterocycles. The minimum absolute atomic E-state index is 0.113. The van der Waals surface area contributed by atoms with Gasteiger partial charge in [0.25, 0.3) is 0 Å². The Labute approximate surface area is 291 Å². The van der Waals surface area contributed by atoms with Crippen LogP contribution in [-0.2, 0) is 25.5 Å². The van der Waals surface area contributed by atoms with Crippen molar-refractivity contribution in [3.05, 3.63) is 84.8 Å². The largest absolute Gasteiger partial charge is 0.468 e. The van der Waals surface area contributed by atoms with Crippen LogP contribution in [0.25, 0.3) is 29.9 Å². The highest BCUT2D eigenvalue weighted by molar-refractivity contribution is 6.24. The van der Waals surface area contributed by atoms with Gasteiger partial charge in [0.1, 0.15) is 5.92 Å². The summed E-state index contributed by atoms with van der Waals surface area (Å²) in [6.07, 6.45) is 10.6. The molecule has 3 aromatic heterocycles. The normalized spacial score (nSPS) is 23.0. The van der Waals surface area contributed by atoms with E-state index < -0.39 is 11.9 Å². The maximum Gasteiger partial charge on any atom is 0.321 e. The van der Waals surface area contributed by atoms with E-state index in [9.17, 15) is 19.2 Å². The molecule has 0 saturated carbocycles. The van der Waals surface area contributed by atoms with Crippen molar-refractivity contribution < 1.29 is 28.7 Å². The van der Waals surface area contributed by atoms with Gasteiger partial charge in [0.2, 0.25) is 0 Å². The van der Waals surface area contributed by atoms with E-state index in [4.69, 9.17) is 9.47 Å². The molecule has 0 aromatic carbocycles. The summed E-state index contributed by atoms with van der Waals surface area (Å²) in [5, 5.41) is 5.03. The maximum absolute atomic E-state index is 14.2. The van der Waals surface area contributed by atoms with Crippen molar-refractivity contribution in [2.24, 2.45) is 23.7 Å². The van der Waals surface area contributed by atoms with Crippen LogP contribution in [0.15, 0.2) is 18.0 Å². The minimum atomic E-state index is -1.17. The Balaban J connectivity index is 1.62. The highest BCUT2D eigenvalue weighted by Gasteiger charge is 2.48. The average molecular weight is 679 g/mol. The molecule has 262 valence electrons. The standard InChI is InChI=1S/C40H46N4O6/c1-9-23-20(5)27-15-28-21(6)25(11-12-33(46)50-14-13-19(3)4)37(43-28)35-36(40(48)49-8)39(47)34-22(7)29(44-38(34)35)16-31-24(10-2)26(18-45)32(42-31)17-30(23)41-27/h9,15-19,21,25,36,41-44H,1,10-14H2,2-8H3/b28-15-,31-16-,32-17-,37-35-/t21-,25-,36+/m0/s1. The number of aldehydes is 1. The molecule has 8 bridgehead atoms. The Morgan fingerprint density at radius 3 is 2.38 bits per heavy atom. The maximum atomic E-state index is 14.2. The van der Waals surface area contributed by atoms with E-state index in [1.54, 1.807) is 6.08 Å². The molecule has 50 heavy (non-hydrogen) atoms. The Hall–Kier alpha value is -5.12. The molecule has 4 N–H and O–H groups in total. The number of hydrogen-bond acceptors (Lipinski definition) is 7. The second-order valence-electron chi connectivity index (χ2n) is 13.9. The number of carbonyl (C=O) groups excluding carboxylic acids is 4. The first-order valence-corrected chi connectivity index (χ1v) is 17.4. The zero-order chi connectivity index (χ0) is 36.0. The number of ketones is 1. The fraction of sp³-hybridized carbons (Fsp3) is 0.400. The summed E-state index contributed by atoms with van der Waals surface area (Å²) < 4.78 is 10.8. The number of nitrogens with one attached hydrogen (secondary N) is 4. The van der Waals surface area contributed by atoms with Crippen LogP contribution in [0, 0.1) is 37.5 Å². The summed E-state index contributed by atoms with van der Waals surface area (Å²) in [7, 11) is 1.29. The lowest BCUT2D eigenvalue weighted by Gasteiger charge is -2.19. The predicted octanol–water partition coefficient (Wildman–Crippen LogP) is 5.24. The summed E-state index contributed by atoms with van der Waals surface area (Å²) in [5.74, 6) is -2.37. The van der Waals surface area contributed by atoms with Gasteiger partial charge >= 0.3 is 11.9 Å². The van der Waals surface area contributed by atoms with E-state index in [1.807, 2.05) is 39.0 Å². The van der Waals surface area contributed by atoms with Crippen molar-refractivity contribution in [3.63, 3.8) is 0 Å². The number of H-pyrrole nitrogens is 3. The highest BCUT2D eigenvalue weighted by Crippen LogP contribution is 2.48. The number of hydrogen-bond donors (Lipinski definition) is 4. The molecule has 0 spiro atoms. The molecule has 0 unspecified atom stereocenters. The third kappa shape index (κ3) is 5.80. The molecule has 3 atom stereocenters. The van der Waals surface area contributed by atoms with Gasteiger partial charge < -0.3 is 29.7 Å². The highest BCUT2D eigenvalue weighted by atomic mass is 16.5. The Morgan fingerprint density at radius 2 is 1.72 bits per heavy atom. The van der Waals surface area contributed by atoms with Crippen LogP contribution in [0.1, 0.15) is 113 Å². The van der Waals surface area contributed by atoms with Crippen molar-refractivity contribution in [1.29, 1.82) is 0 Å². The summed E-state index contributed by atoms with van der Waals surface area (Å²) in [6, 6.07) is 0. The van der Waals surface area contributed by atoms with Crippen LogP contribution >= 0.6 is 0 Å². The summed E-state index contributed by atoms with van der Waals surface area (Å²) in [4.78, 5) is 63.5. The van der Waals surface area contributed by atoms with Gasteiger partial charge in [-0.3, -0.25) is 19.2 Å². The molecule has 6 rings (SSSR count). The Kier molecular flexibility index (Phi) is 9.48. The first-order valence-electron chi connectivity index (χ1n) is 17.4.